The van der Waals surface area contributed by atoms with Gasteiger partial charge in [-0.3, -0.25) is 0 Å². The topological polar surface area (TPSA) is 25.8 Å². The van der Waals surface area contributed by atoms with E-state index in [0.717, 1.165) is 9.37 Å². The van der Waals surface area contributed by atoms with E-state index in [9.17, 15) is 0 Å². The molecule has 1 heterocycles. The highest BCUT2D eigenvalue weighted by Gasteiger charge is 2.08. The van der Waals surface area contributed by atoms with Crippen LogP contribution in [0.4, 0.5) is 0 Å². The summed E-state index contributed by atoms with van der Waals surface area (Å²) >= 11 is 16.6. The van der Waals surface area contributed by atoms with Crippen molar-refractivity contribution in [3.05, 3.63) is 45.2 Å². The molecule has 0 aliphatic rings. The van der Waals surface area contributed by atoms with E-state index in [1.54, 1.807) is 0 Å². The van der Waals surface area contributed by atoms with E-state index in [2.05, 4.69) is 25.9 Å². The van der Waals surface area contributed by atoms with Crippen LogP contribution >= 0.6 is 50.9 Å². The summed E-state index contributed by atoms with van der Waals surface area (Å²) in [5.74, 6) is 0. The Morgan fingerprint density at radius 1 is 1.19 bits per heavy atom. The summed E-state index contributed by atoms with van der Waals surface area (Å²) < 4.78 is 0.991. The van der Waals surface area contributed by atoms with Crippen molar-refractivity contribution in [1.29, 1.82) is 0 Å². The Bertz CT molecular complexity index is 522. The molecule has 0 saturated carbocycles. The Hall–Kier alpha value is -0.290. The van der Waals surface area contributed by atoms with Gasteiger partial charge in [-0.1, -0.05) is 35.5 Å². The molecule has 82 valence electrons. The first-order valence-electron chi connectivity index (χ1n) is 4.27. The highest BCUT2D eigenvalue weighted by atomic mass is 79.9. The van der Waals surface area contributed by atoms with E-state index in [1.165, 1.54) is 18.0 Å². The molecule has 0 atom stereocenters. The molecule has 0 bridgehead atoms. The third-order valence-corrected chi connectivity index (χ3v) is 4.33. The minimum absolute atomic E-state index is 0.193. The largest absolute Gasteiger partial charge is 0.225 e. The maximum absolute atomic E-state index is 5.98. The average molecular weight is 336 g/mol. The minimum atomic E-state index is 0.193. The van der Waals surface area contributed by atoms with Crippen LogP contribution in [0.3, 0.4) is 0 Å². The number of aromatic nitrogens is 2. The number of hydrogen-bond donors (Lipinski definition) is 0. The average Bonchev–Trinajstić information content (AvgIpc) is 2.27. The van der Waals surface area contributed by atoms with Crippen LogP contribution in [0.2, 0.25) is 10.3 Å². The van der Waals surface area contributed by atoms with Crippen molar-refractivity contribution in [2.45, 2.75) is 9.92 Å². The van der Waals surface area contributed by atoms with Crippen LogP contribution in [-0.2, 0) is 0 Å². The molecule has 0 fully saturated rings. The first-order chi connectivity index (χ1) is 7.66. The first-order valence-corrected chi connectivity index (χ1v) is 6.64. The van der Waals surface area contributed by atoms with Crippen molar-refractivity contribution in [3.63, 3.8) is 0 Å². The molecule has 16 heavy (non-hydrogen) atoms. The third kappa shape index (κ3) is 2.88. The summed E-state index contributed by atoms with van der Waals surface area (Å²) in [6, 6.07) is 7.83. The highest BCUT2D eigenvalue weighted by molar-refractivity contribution is 9.10. The molecule has 6 heteroatoms. The van der Waals surface area contributed by atoms with Gasteiger partial charge in [0.2, 0.25) is 5.28 Å². The number of halogens is 3. The second kappa shape index (κ2) is 5.36. The quantitative estimate of drug-likeness (QED) is 0.587. The lowest BCUT2D eigenvalue weighted by Crippen LogP contribution is -1.86. The van der Waals surface area contributed by atoms with Crippen molar-refractivity contribution >= 4 is 50.9 Å². The molecule has 0 radical (unpaired) electrons. The fourth-order valence-corrected chi connectivity index (χ4v) is 2.76. The molecular formula is C10H5BrCl2N2S. The Kier molecular flexibility index (Phi) is 4.08. The molecule has 0 spiro atoms. The van der Waals surface area contributed by atoms with E-state index in [0.29, 0.717) is 10.0 Å². The van der Waals surface area contributed by atoms with Gasteiger partial charge < -0.3 is 0 Å². The van der Waals surface area contributed by atoms with E-state index in [4.69, 9.17) is 23.2 Å². The summed E-state index contributed by atoms with van der Waals surface area (Å²) in [4.78, 5) is 8.90. The Labute approximate surface area is 116 Å². The molecule has 1 aromatic carbocycles. The van der Waals surface area contributed by atoms with Gasteiger partial charge in [-0.05, 0) is 39.7 Å². The zero-order valence-corrected chi connectivity index (χ0v) is 11.7. The normalized spacial score (nSPS) is 10.4. The van der Waals surface area contributed by atoms with Crippen molar-refractivity contribution in [3.8, 4) is 0 Å². The van der Waals surface area contributed by atoms with Crippen LogP contribution < -0.4 is 0 Å². The van der Waals surface area contributed by atoms with Crippen LogP contribution in [0, 0.1) is 0 Å². The SMILES string of the molecule is Clc1ncc(Cl)c(Sc2ccccc2Br)n1. The molecule has 0 N–H and O–H groups in total. The van der Waals surface area contributed by atoms with Gasteiger partial charge in [-0.2, -0.15) is 0 Å². The molecule has 0 saturated heterocycles. The van der Waals surface area contributed by atoms with Gasteiger partial charge in [-0.15, -0.1) is 0 Å². The molecule has 2 rings (SSSR count). The molecule has 0 amide bonds. The molecule has 2 nitrogen and oxygen atoms in total. The van der Waals surface area contributed by atoms with Crippen molar-refractivity contribution in [2.24, 2.45) is 0 Å². The first kappa shape index (κ1) is 12.2. The van der Waals surface area contributed by atoms with Gasteiger partial charge in [0.05, 0.1) is 11.2 Å². The summed E-state index contributed by atoms with van der Waals surface area (Å²) in [5, 5.41) is 1.33. The number of rotatable bonds is 2. The van der Waals surface area contributed by atoms with Crippen LogP contribution in [0.5, 0.6) is 0 Å². The third-order valence-electron chi connectivity index (χ3n) is 1.73. The Balaban J connectivity index is 2.34. The van der Waals surface area contributed by atoms with Crippen LogP contribution in [0.1, 0.15) is 0 Å². The number of nitrogens with zero attached hydrogens (tertiary/aromatic N) is 2. The summed E-state index contributed by atoms with van der Waals surface area (Å²) in [6.07, 6.45) is 1.50. The second-order valence-corrected chi connectivity index (χ2v) is 5.45. The Morgan fingerprint density at radius 3 is 2.69 bits per heavy atom. The van der Waals surface area contributed by atoms with Gasteiger partial charge in [0, 0.05) is 9.37 Å². The lowest BCUT2D eigenvalue weighted by Gasteiger charge is -2.04. The zero-order valence-electron chi connectivity index (χ0n) is 7.82. The number of hydrogen-bond acceptors (Lipinski definition) is 3. The fraction of sp³-hybridized carbons (Fsp3) is 0. The second-order valence-electron chi connectivity index (χ2n) is 2.82. The summed E-state index contributed by atoms with van der Waals surface area (Å²) in [6.45, 7) is 0. The molecular weight excluding hydrogens is 331 g/mol. The van der Waals surface area contributed by atoms with Crippen LogP contribution in [0.25, 0.3) is 0 Å². The van der Waals surface area contributed by atoms with Crippen molar-refractivity contribution in [1.82, 2.24) is 9.97 Å². The summed E-state index contributed by atoms with van der Waals surface area (Å²) in [5.41, 5.74) is 0. The predicted octanol–water partition coefficient (Wildman–Crippen LogP) is 4.70. The number of benzene rings is 1. The van der Waals surface area contributed by atoms with E-state index in [1.807, 2.05) is 24.3 Å². The van der Waals surface area contributed by atoms with E-state index < -0.39 is 0 Å². The van der Waals surface area contributed by atoms with Gasteiger partial charge in [-0.25, -0.2) is 9.97 Å². The van der Waals surface area contributed by atoms with Crippen LogP contribution in [-0.4, -0.2) is 9.97 Å². The summed E-state index contributed by atoms with van der Waals surface area (Å²) in [7, 11) is 0. The van der Waals surface area contributed by atoms with Gasteiger partial charge in [0.1, 0.15) is 5.03 Å². The molecule has 0 aliphatic heterocycles. The molecule has 0 unspecified atom stereocenters. The van der Waals surface area contributed by atoms with Gasteiger partial charge in [0.15, 0.2) is 0 Å². The van der Waals surface area contributed by atoms with Crippen molar-refractivity contribution < 1.29 is 0 Å². The van der Waals surface area contributed by atoms with E-state index >= 15 is 0 Å². The van der Waals surface area contributed by atoms with Crippen LogP contribution in [0.15, 0.2) is 44.9 Å². The van der Waals surface area contributed by atoms with Crippen molar-refractivity contribution in [2.75, 3.05) is 0 Å². The predicted molar refractivity (Wildman–Crippen MR) is 70.3 cm³/mol. The Morgan fingerprint density at radius 2 is 1.94 bits per heavy atom. The lowest BCUT2D eigenvalue weighted by atomic mass is 10.4. The molecule has 1 aromatic heterocycles. The maximum atomic E-state index is 5.98. The standard InChI is InChI=1S/C10H5BrCl2N2S/c11-6-3-1-2-4-8(6)16-9-7(12)5-14-10(13)15-9/h1-5H. The lowest BCUT2D eigenvalue weighted by molar-refractivity contribution is 1.05. The van der Waals surface area contributed by atoms with E-state index in [-0.39, 0.29) is 5.28 Å². The maximum Gasteiger partial charge on any atom is 0.223 e. The van der Waals surface area contributed by atoms with Gasteiger partial charge in [0.25, 0.3) is 0 Å². The minimum Gasteiger partial charge on any atom is -0.225 e. The van der Waals surface area contributed by atoms with Gasteiger partial charge >= 0.3 is 0 Å². The zero-order chi connectivity index (χ0) is 11.5. The molecule has 2 aromatic rings. The fourth-order valence-electron chi connectivity index (χ4n) is 1.03. The monoisotopic (exact) mass is 334 g/mol. The smallest absolute Gasteiger partial charge is 0.223 e. The molecule has 0 aliphatic carbocycles. The highest BCUT2D eigenvalue weighted by Crippen LogP contribution is 2.35.